The van der Waals surface area contributed by atoms with E-state index in [0.29, 0.717) is 0 Å². The van der Waals surface area contributed by atoms with E-state index in [0.717, 1.165) is 0 Å². The largest absolute Gasteiger partial charge is 0.475 e. The van der Waals surface area contributed by atoms with Gasteiger partial charge >= 0.3 is 5.97 Å². The Morgan fingerprint density at radius 3 is 2.00 bits per heavy atom. The number of carboxylic acid groups (broad SMARTS) is 1. The number of aliphatic carboxylic acids is 1. The molecule has 0 saturated heterocycles. The molecule has 0 aliphatic carbocycles. The summed E-state index contributed by atoms with van der Waals surface area (Å²) in [7, 11) is 0. The smallest absolute Gasteiger partial charge is 0.377 e. The average Bonchev–Trinajstić information content (AvgIpc) is 2.29. The Hall–Kier alpha value is -1.72. The predicted octanol–water partition coefficient (Wildman–Crippen LogP) is 0.313. The first kappa shape index (κ1) is 14.3. The van der Waals surface area contributed by atoms with E-state index in [-0.39, 0.29) is 12.2 Å². The van der Waals surface area contributed by atoms with Gasteiger partial charge in [0.1, 0.15) is 0 Å². The van der Waals surface area contributed by atoms with Crippen molar-refractivity contribution in [2.24, 2.45) is 0 Å². The van der Waals surface area contributed by atoms with Crippen molar-refractivity contribution in [3.63, 3.8) is 0 Å². The van der Waals surface area contributed by atoms with Crippen LogP contribution in [0.15, 0.2) is 30.3 Å². The van der Waals surface area contributed by atoms with Crippen molar-refractivity contribution in [1.82, 2.24) is 0 Å². The molecule has 0 bridgehead atoms. The zero-order valence-electron chi connectivity index (χ0n) is 8.83. The van der Waals surface area contributed by atoms with Gasteiger partial charge in [0, 0.05) is 5.56 Å². The van der Waals surface area contributed by atoms with Crippen LogP contribution in [0.25, 0.3) is 0 Å². The number of benzene rings is 1. The molecule has 1 atom stereocenters. The molecule has 1 rings (SSSR count). The van der Waals surface area contributed by atoms with Crippen molar-refractivity contribution < 1.29 is 24.9 Å². The van der Waals surface area contributed by atoms with Crippen molar-refractivity contribution in [1.29, 1.82) is 0 Å². The molecule has 0 saturated carbocycles. The highest BCUT2D eigenvalue weighted by molar-refractivity contribution is 6.39. The van der Waals surface area contributed by atoms with Crippen LogP contribution in [0.1, 0.15) is 17.3 Å². The highest BCUT2D eigenvalue weighted by Gasteiger charge is 2.12. The summed E-state index contributed by atoms with van der Waals surface area (Å²) in [5.41, 5.74) is 0.208. The van der Waals surface area contributed by atoms with Gasteiger partial charge in [0.2, 0.25) is 0 Å². The van der Waals surface area contributed by atoms with Crippen LogP contribution >= 0.6 is 0 Å². The van der Waals surface area contributed by atoms with E-state index in [4.69, 9.17) is 15.3 Å². The minimum atomic E-state index is -1.42. The van der Waals surface area contributed by atoms with Gasteiger partial charge in [-0.15, -0.1) is 0 Å². The minimum Gasteiger partial charge on any atom is -0.475 e. The van der Waals surface area contributed by atoms with E-state index >= 15 is 0 Å². The number of aliphatic hydroxyl groups is 2. The van der Waals surface area contributed by atoms with Gasteiger partial charge < -0.3 is 15.3 Å². The molecule has 0 amide bonds. The Morgan fingerprint density at radius 1 is 1.25 bits per heavy atom. The van der Waals surface area contributed by atoms with Crippen LogP contribution in [0.5, 0.6) is 0 Å². The summed E-state index contributed by atoms with van der Waals surface area (Å²) < 4.78 is 0. The Labute approximate surface area is 93.0 Å². The Kier molecular flexibility index (Phi) is 6.74. The van der Waals surface area contributed by atoms with Crippen molar-refractivity contribution in [2.45, 2.75) is 13.0 Å². The number of carboxylic acids is 1. The number of hydrogen-bond donors (Lipinski definition) is 3. The molecule has 0 fully saturated rings. The number of ketones is 1. The lowest BCUT2D eigenvalue weighted by Gasteiger charge is -1.91. The first-order valence-corrected chi connectivity index (χ1v) is 4.60. The van der Waals surface area contributed by atoms with E-state index in [2.05, 4.69) is 0 Å². The number of aliphatic hydroxyl groups excluding tert-OH is 2. The van der Waals surface area contributed by atoms with Gasteiger partial charge in [-0.1, -0.05) is 30.3 Å². The molecule has 0 radical (unpaired) electrons. The highest BCUT2D eigenvalue weighted by atomic mass is 16.4. The lowest BCUT2D eigenvalue weighted by Crippen LogP contribution is -2.12. The summed E-state index contributed by atoms with van der Waals surface area (Å²) >= 11 is 0. The van der Waals surface area contributed by atoms with Crippen molar-refractivity contribution >= 4 is 11.8 Å². The zero-order chi connectivity index (χ0) is 12.6. The molecular formula is C11H14O5. The van der Waals surface area contributed by atoms with Crippen molar-refractivity contribution in [2.75, 3.05) is 6.61 Å². The number of carbonyl (C=O) groups excluding carboxylic acids is 1. The van der Waals surface area contributed by atoms with E-state index in [1.54, 1.807) is 18.2 Å². The molecule has 0 heterocycles. The van der Waals surface area contributed by atoms with E-state index in [1.165, 1.54) is 19.1 Å². The molecule has 5 heteroatoms. The van der Waals surface area contributed by atoms with Gasteiger partial charge in [-0.2, -0.15) is 0 Å². The SMILES string of the molecule is CC(O)CO.O=C(O)C(=O)c1ccccc1. The van der Waals surface area contributed by atoms with E-state index in [1.807, 2.05) is 0 Å². The lowest BCUT2D eigenvalue weighted by atomic mass is 10.1. The number of carbonyl (C=O) groups is 2. The van der Waals surface area contributed by atoms with Crippen LogP contribution in [0.2, 0.25) is 0 Å². The first-order chi connectivity index (χ1) is 7.49. The molecule has 0 aliphatic rings. The van der Waals surface area contributed by atoms with Crippen LogP contribution in [-0.2, 0) is 4.79 Å². The highest BCUT2D eigenvalue weighted by Crippen LogP contribution is 1.98. The fraction of sp³-hybridized carbons (Fsp3) is 0.273. The lowest BCUT2D eigenvalue weighted by molar-refractivity contribution is -0.131. The van der Waals surface area contributed by atoms with Gasteiger partial charge in [0.05, 0.1) is 12.7 Å². The van der Waals surface area contributed by atoms with Crippen molar-refractivity contribution in [3.05, 3.63) is 35.9 Å². The Balaban J connectivity index is 0.000000385. The summed E-state index contributed by atoms with van der Waals surface area (Å²) in [4.78, 5) is 20.9. The third-order valence-electron chi connectivity index (χ3n) is 1.49. The van der Waals surface area contributed by atoms with Gasteiger partial charge in [0.15, 0.2) is 0 Å². The third-order valence-corrected chi connectivity index (χ3v) is 1.49. The van der Waals surface area contributed by atoms with Crippen LogP contribution in [0, 0.1) is 0 Å². The van der Waals surface area contributed by atoms with E-state index < -0.39 is 17.9 Å². The normalized spacial score (nSPS) is 10.9. The first-order valence-electron chi connectivity index (χ1n) is 4.60. The van der Waals surface area contributed by atoms with Gasteiger partial charge in [-0.25, -0.2) is 4.79 Å². The molecule has 88 valence electrons. The number of rotatable bonds is 3. The molecule has 1 unspecified atom stereocenters. The fourth-order valence-corrected chi connectivity index (χ4v) is 0.713. The Bertz CT molecular complexity index is 331. The van der Waals surface area contributed by atoms with Crippen LogP contribution in [0.3, 0.4) is 0 Å². The summed E-state index contributed by atoms with van der Waals surface area (Å²) in [6.07, 6.45) is -0.560. The van der Waals surface area contributed by atoms with Gasteiger partial charge in [-0.05, 0) is 6.92 Å². The molecule has 0 aliphatic heterocycles. The van der Waals surface area contributed by atoms with Crippen LogP contribution in [-0.4, -0.2) is 39.8 Å². The second kappa shape index (κ2) is 7.56. The molecule has 1 aromatic rings. The van der Waals surface area contributed by atoms with Crippen LogP contribution < -0.4 is 0 Å². The van der Waals surface area contributed by atoms with Gasteiger partial charge in [-0.3, -0.25) is 4.79 Å². The maximum absolute atomic E-state index is 10.7. The number of hydrogen-bond acceptors (Lipinski definition) is 4. The van der Waals surface area contributed by atoms with Gasteiger partial charge in [0.25, 0.3) is 5.78 Å². The summed E-state index contributed by atoms with van der Waals surface area (Å²) in [5, 5.41) is 24.3. The summed E-state index contributed by atoms with van der Waals surface area (Å²) in [5.74, 6) is -2.29. The van der Waals surface area contributed by atoms with Crippen molar-refractivity contribution in [3.8, 4) is 0 Å². The molecule has 1 aromatic carbocycles. The summed E-state index contributed by atoms with van der Waals surface area (Å²) in [6.45, 7) is 1.39. The molecule has 0 aromatic heterocycles. The predicted molar refractivity (Wildman–Crippen MR) is 57.2 cm³/mol. The standard InChI is InChI=1S/C8H6O3.C3H8O2/c9-7(8(10)11)6-4-2-1-3-5-6;1-3(5)2-4/h1-5H,(H,10,11);3-5H,2H2,1H3. The second-order valence-corrected chi connectivity index (χ2v) is 3.03. The topological polar surface area (TPSA) is 94.8 Å². The average molecular weight is 226 g/mol. The molecule has 5 nitrogen and oxygen atoms in total. The maximum atomic E-state index is 10.7. The Morgan fingerprint density at radius 2 is 1.69 bits per heavy atom. The molecule has 16 heavy (non-hydrogen) atoms. The fourth-order valence-electron chi connectivity index (χ4n) is 0.713. The summed E-state index contributed by atoms with van der Waals surface area (Å²) in [6, 6.07) is 7.90. The third kappa shape index (κ3) is 5.90. The van der Waals surface area contributed by atoms with E-state index in [9.17, 15) is 9.59 Å². The monoisotopic (exact) mass is 226 g/mol. The minimum absolute atomic E-state index is 0.139. The maximum Gasteiger partial charge on any atom is 0.377 e. The molecule has 3 N–H and O–H groups in total. The quantitative estimate of drug-likeness (QED) is 0.509. The zero-order valence-corrected chi connectivity index (χ0v) is 8.83. The number of Topliss-reactive ketones (excluding diaryl/α,β-unsaturated/α-hetero) is 1. The molecular weight excluding hydrogens is 212 g/mol. The second-order valence-electron chi connectivity index (χ2n) is 3.03. The molecule has 0 spiro atoms. The van der Waals surface area contributed by atoms with Crippen LogP contribution in [0.4, 0.5) is 0 Å².